The maximum Gasteiger partial charge on any atom is 0.187 e. The van der Waals surface area contributed by atoms with E-state index in [9.17, 15) is 51.1 Å². The first kappa shape index (κ1) is 50.9. The van der Waals surface area contributed by atoms with Crippen LogP contribution in [-0.2, 0) is 37.9 Å². The summed E-state index contributed by atoms with van der Waals surface area (Å²) in [5, 5.41) is 105. The Hall–Kier alpha value is -0.980. The average molecular weight is 957 g/mol. The van der Waals surface area contributed by atoms with Crippen molar-refractivity contribution < 1.29 is 89.0 Å². The number of hydrogen-bond donors (Lipinski definition) is 10. The molecule has 0 aromatic carbocycles. The predicted molar refractivity (Wildman–Crippen MR) is 234 cm³/mol. The summed E-state index contributed by atoms with van der Waals surface area (Å²) in [4.78, 5) is 0. The summed E-state index contributed by atoms with van der Waals surface area (Å²) in [7, 11) is 1.78. The zero-order chi connectivity index (χ0) is 48.6. The number of aliphatic hydroxyl groups excluding tert-OH is 10. The maximum absolute atomic E-state index is 11.4. The SMILES string of the molecule is CO[C@]12C[C@@]3(C)[C@@H]4CC[C@H]5C(C)(C)[C@@H](O[C@@H]6O[C@H](CO)[C@@H](O)[C@H](O)[C@H]6O[C@@H]6O[C@@H](C)[C@H](O)[C@@H](O)[C@H]6O)CC[C@@]56C[C@@]46CC[C@]3(C)[C@H]1[C@H](C)C[C@H](/C=C(/C)CO[C@@H]1O[C@H](CO)[C@@H](O)[C@H](O)[C@H]1O)O2. The van der Waals surface area contributed by atoms with Gasteiger partial charge in [0.15, 0.2) is 24.7 Å². The highest BCUT2D eigenvalue weighted by Crippen LogP contribution is 2.90. The van der Waals surface area contributed by atoms with Gasteiger partial charge in [-0.1, -0.05) is 40.7 Å². The third kappa shape index (κ3) is 7.63. The van der Waals surface area contributed by atoms with Crippen LogP contribution in [0.2, 0.25) is 0 Å². The fourth-order valence-electron chi connectivity index (χ4n) is 16.6. The number of aliphatic hydroxyl groups is 10. The molecule has 2 spiro atoms. The van der Waals surface area contributed by atoms with Crippen molar-refractivity contribution in [1.29, 1.82) is 0 Å². The first-order valence-corrected chi connectivity index (χ1v) is 24.9. The number of ether oxygens (including phenoxy) is 8. The molecule has 0 aromatic rings. The molecule has 4 heterocycles. The van der Waals surface area contributed by atoms with Crippen LogP contribution in [0, 0.1) is 50.7 Å². The molecule has 384 valence electrons. The minimum absolute atomic E-state index is 0.0513. The molecule has 67 heavy (non-hydrogen) atoms. The number of hydrogen-bond acceptors (Lipinski definition) is 18. The molecule has 18 heteroatoms. The Kier molecular flexibility index (Phi) is 13.6. The monoisotopic (exact) mass is 957 g/mol. The van der Waals surface area contributed by atoms with Crippen LogP contribution in [0.5, 0.6) is 0 Å². The van der Waals surface area contributed by atoms with E-state index in [4.69, 9.17) is 37.9 Å². The normalized spacial score (nSPS) is 57.1. The van der Waals surface area contributed by atoms with Crippen molar-refractivity contribution in [3.63, 3.8) is 0 Å². The lowest BCUT2D eigenvalue weighted by Crippen LogP contribution is -2.65. The smallest absolute Gasteiger partial charge is 0.187 e. The minimum Gasteiger partial charge on any atom is -0.394 e. The van der Waals surface area contributed by atoms with Crippen LogP contribution < -0.4 is 0 Å². The molecule has 9 fully saturated rings. The van der Waals surface area contributed by atoms with E-state index in [0.29, 0.717) is 18.3 Å². The van der Waals surface area contributed by atoms with E-state index >= 15 is 0 Å². The molecular formula is C49H80O18. The first-order chi connectivity index (χ1) is 31.5. The largest absolute Gasteiger partial charge is 0.394 e. The van der Waals surface area contributed by atoms with E-state index in [2.05, 4.69) is 40.7 Å². The molecule has 5 saturated carbocycles. The predicted octanol–water partition coefficient (Wildman–Crippen LogP) is 0.603. The summed E-state index contributed by atoms with van der Waals surface area (Å²) >= 11 is 0. The quantitative estimate of drug-likeness (QED) is 0.100. The molecule has 5 aliphatic carbocycles. The zero-order valence-corrected chi connectivity index (χ0v) is 40.4. The summed E-state index contributed by atoms with van der Waals surface area (Å²) in [6.07, 6.45) is -10.6. The Morgan fingerprint density at radius 3 is 1.93 bits per heavy atom. The lowest BCUT2D eigenvalue weighted by molar-refractivity contribution is -0.375. The molecule has 0 radical (unpaired) electrons. The van der Waals surface area contributed by atoms with Gasteiger partial charge in [-0.15, -0.1) is 0 Å². The summed E-state index contributed by atoms with van der Waals surface area (Å²) < 4.78 is 50.0. The van der Waals surface area contributed by atoms with Crippen LogP contribution in [0.1, 0.15) is 106 Å². The maximum atomic E-state index is 11.4. The molecule has 0 amide bonds. The van der Waals surface area contributed by atoms with Gasteiger partial charge in [0.2, 0.25) is 0 Å². The van der Waals surface area contributed by atoms with Crippen molar-refractivity contribution in [2.24, 2.45) is 50.7 Å². The Morgan fingerprint density at radius 1 is 0.642 bits per heavy atom. The van der Waals surface area contributed by atoms with Crippen LogP contribution in [0.25, 0.3) is 0 Å². The third-order valence-corrected chi connectivity index (χ3v) is 20.0. The fourth-order valence-corrected chi connectivity index (χ4v) is 16.6. The van der Waals surface area contributed by atoms with Crippen molar-refractivity contribution in [2.45, 2.75) is 216 Å². The molecule has 0 bridgehead atoms. The van der Waals surface area contributed by atoms with Crippen LogP contribution >= 0.6 is 0 Å². The molecule has 4 aliphatic heterocycles. The van der Waals surface area contributed by atoms with Gasteiger partial charge in [0.25, 0.3) is 0 Å². The Morgan fingerprint density at radius 2 is 1.25 bits per heavy atom. The summed E-state index contributed by atoms with van der Waals surface area (Å²) in [5.41, 5.74) is 0.597. The molecule has 4 saturated heterocycles. The summed E-state index contributed by atoms with van der Waals surface area (Å²) in [5.74, 6) is 0.384. The molecular weight excluding hydrogens is 877 g/mol. The number of methoxy groups -OCH3 is 1. The van der Waals surface area contributed by atoms with E-state index < -0.39 is 111 Å². The second-order valence-electron chi connectivity index (χ2n) is 23.5. The summed E-state index contributed by atoms with van der Waals surface area (Å²) in [6, 6.07) is 0. The van der Waals surface area contributed by atoms with E-state index in [1.807, 2.05) is 6.92 Å². The van der Waals surface area contributed by atoms with Crippen LogP contribution in [0.15, 0.2) is 11.6 Å². The molecule has 0 aromatic heterocycles. The van der Waals surface area contributed by atoms with Gasteiger partial charge in [0, 0.05) is 19.4 Å². The molecule has 18 nitrogen and oxygen atoms in total. The lowest BCUT2D eigenvalue weighted by Gasteiger charge is -2.63. The van der Waals surface area contributed by atoms with E-state index in [-0.39, 0.29) is 57.7 Å². The fraction of sp³-hybridized carbons (Fsp3) is 0.959. The first-order valence-electron chi connectivity index (χ1n) is 24.9. The number of fused-ring (bicyclic) bond motifs is 4. The van der Waals surface area contributed by atoms with Gasteiger partial charge in [0.1, 0.15) is 67.1 Å². The lowest BCUT2D eigenvalue weighted by atomic mass is 9.41. The Balaban J connectivity index is 0.906. The van der Waals surface area contributed by atoms with Gasteiger partial charge >= 0.3 is 0 Å². The molecule has 9 aliphatic rings. The van der Waals surface area contributed by atoms with Crippen LogP contribution in [0.3, 0.4) is 0 Å². The van der Waals surface area contributed by atoms with Gasteiger partial charge in [-0.25, -0.2) is 0 Å². The standard InChI is InChI=1S/C49H80O18/c1-22(19-61-41-37(58)35(56)32(53)26(17-50)63-41)15-25-16-23(2)40-45(6)13-14-48-21-47(48)12-11-30(44(4,5)28(47)9-10-29(48)46(45,7)20-49(40,60-8)67-25)65-43-39(36(57)33(54)27(18-51)64-43)66-42-38(59)34(55)31(52)24(3)62-42/h15,23-43,50-59H,9-14,16-21H2,1-8H3/b22-15-/t23-,24+,25+,26-,27-,28+,29+,30+,31+,32-,33-,34-,35+,36+,37-,38-,39-,40-,41-,42+,43+,45-,46+,47-,48+,49+/m1/s1. The van der Waals surface area contributed by atoms with Crippen molar-refractivity contribution in [3.8, 4) is 0 Å². The van der Waals surface area contributed by atoms with Crippen molar-refractivity contribution >= 4 is 0 Å². The zero-order valence-electron chi connectivity index (χ0n) is 40.4. The highest BCUT2D eigenvalue weighted by molar-refractivity contribution is 5.32. The Labute approximate surface area is 393 Å². The second-order valence-corrected chi connectivity index (χ2v) is 23.5. The molecule has 26 atom stereocenters. The van der Waals surface area contributed by atoms with Crippen molar-refractivity contribution in [1.82, 2.24) is 0 Å². The van der Waals surface area contributed by atoms with E-state index in [1.165, 1.54) is 6.92 Å². The van der Waals surface area contributed by atoms with Crippen molar-refractivity contribution in [3.05, 3.63) is 11.6 Å². The summed E-state index contributed by atoms with van der Waals surface area (Å²) in [6.45, 7) is 14.3. The highest BCUT2D eigenvalue weighted by atomic mass is 16.8. The van der Waals surface area contributed by atoms with Crippen LogP contribution in [-0.4, -0.2) is 188 Å². The van der Waals surface area contributed by atoms with E-state index in [0.717, 1.165) is 56.9 Å². The van der Waals surface area contributed by atoms with E-state index in [1.54, 1.807) is 7.11 Å². The third-order valence-electron chi connectivity index (χ3n) is 20.0. The minimum atomic E-state index is -1.65. The topological polar surface area (TPSA) is 276 Å². The molecule has 0 unspecified atom stereocenters. The number of rotatable bonds is 11. The second kappa shape index (κ2) is 17.9. The van der Waals surface area contributed by atoms with Gasteiger partial charge in [-0.05, 0) is 116 Å². The van der Waals surface area contributed by atoms with Gasteiger partial charge < -0.3 is 89.0 Å². The highest BCUT2D eigenvalue weighted by Gasteiger charge is 2.85. The molecule has 9 rings (SSSR count). The van der Waals surface area contributed by atoms with Gasteiger partial charge in [-0.2, -0.15) is 0 Å². The van der Waals surface area contributed by atoms with Crippen molar-refractivity contribution in [2.75, 3.05) is 26.9 Å². The molecule has 10 N–H and O–H groups in total. The van der Waals surface area contributed by atoms with Crippen LogP contribution in [0.4, 0.5) is 0 Å². The van der Waals surface area contributed by atoms with Gasteiger partial charge in [0.05, 0.1) is 38.1 Å². The van der Waals surface area contributed by atoms with Gasteiger partial charge in [-0.3, -0.25) is 0 Å². The average Bonchev–Trinajstić information content (AvgIpc) is 3.90. The Bertz CT molecular complexity index is 1820.